The number of hydrogen-bond donors (Lipinski definition) is 2. The SMILES string of the molecule is CCNC(=O)C(c1ccccc1)N1CCN(c2ccc(NC(=O)CN3CCN(C(C)C)CC3)cc2F)CC1. The minimum absolute atomic E-state index is 0.0137. The first-order valence-corrected chi connectivity index (χ1v) is 13.7. The Morgan fingerprint density at radius 1 is 0.895 bits per heavy atom. The monoisotopic (exact) mass is 524 g/mol. The molecule has 2 amide bonds. The van der Waals surface area contributed by atoms with Crippen molar-refractivity contribution in [1.29, 1.82) is 0 Å². The smallest absolute Gasteiger partial charge is 0.241 e. The molecule has 2 aliphatic rings. The third-order valence-corrected chi connectivity index (χ3v) is 7.47. The van der Waals surface area contributed by atoms with Gasteiger partial charge in [0, 0.05) is 70.6 Å². The average molecular weight is 525 g/mol. The molecule has 9 heteroatoms. The predicted octanol–water partition coefficient (Wildman–Crippen LogP) is 2.79. The normalized spacial score (nSPS) is 18.4. The van der Waals surface area contributed by atoms with E-state index in [1.54, 1.807) is 12.1 Å². The van der Waals surface area contributed by atoms with Gasteiger partial charge in [0.05, 0.1) is 12.2 Å². The van der Waals surface area contributed by atoms with Crippen molar-refractivity contribution < 1.29 is 14.0 Å². The Morgan fingerprint density at radius 2 is 1.55 bits per heavy atom. The van der Waals surface area contributed by atoms with E-state index in [9.17, 15) is 9.59 Å². The van der Waals surface area contributed by atoms with Crippen LogP contribution in [-0.4, -0.2) is 98.0 Å². The van der Waals surface area contributed by atoms with Crippen LogP contribution in [0.15, 0.2) is 48.5 Å². The number of anilines is 2. The third-order valence-electron chi connectivity index (χ3n) is 7.47. The minimum Gasteiger partial charge on any atom is -0.367 e. The Balaban J connectivity index is 1.32. The van der Waals surface area contributed by atoms with Gasteiger partial charge in [-0.3, -0.25) is 24.3 Å². The van der Waals surface area contributed by atoms with Crippen LogP contribution >= 0.6 is 0 Å². The van der Waals surface area contributed by atoms with E-state index in [2.05, 4.69) is 39.2 Å². The van der Waals surface area contributed by atoms with Crippen LogP contribution in [0.1, 0.15) is 32.4 Å². The number of rotatable bonds is 9. The summed E-state index contributed by atoms with van der Waals surface area (Å²) in [5.74, 6) is -0.494. The Bertz CT molecular complexity index is 1070. The molecule has 2 saturated heterocycles. The number of benzene rings is 2. The van der Waals surface area contributed by atoms with Crippen molar-refractivity contribution in [3.05, 3.63) is 59.9 Å². The van der Waals surface area contributed by atoms with Crippen LogP contribution in [0.4, 0.5) is 15.8 Å². The number of carbonyl (C=O) groups excluding carboxylic acids is 2. The summed E-state index contributed by atoms with van der Waals surface area (Å²) in [6.07, 6.45) is 0. The largest absolute Gasteiger partial charge is 0.367 e. The molecule has 38 heavy (non-hydrogen) atoms. The van der Waals surface area contributed by atoms with Crippen LogP contribution in [0.3, 0.4) is 0 Å². The topological polar surface area (TPSA) is 71.2 Å². The molecule has 0 bridgehead atoms. The molecule has 8 nitrogen and oxygen atoms in total. The Morgan fingerprint density at radius 3 is 2.16 bits per heavy atom. The standard InChI is InChI=1S/C29H41FN6O2/c1-4-31-29(38)28(23-8-6-5-7-9-23)36-18-16-35(17-19-36)26-11-10-24(20-25(26)30)32-27(37)21-33-12-14-34(15-13-33)22(2)3/h5-11,20,22,28H,4,12-19,21H2,1-3H3,(H,31,38)(H,32,37). The molecule has 0 spiro atoms. The highest BCUT2D eigenvalue weighted by Crippen LogP contribution is 2.27. The van der Waals surface area contributed by atoms with Crippen LogP contribution in [0.2, 0.25) is 0 Å². The molecule has 4 rings (SSSR count). The zero-order valence-electron chi connectivity index (χ0n) is 22.8. The number of nitrogens with zero attached hydrogens (tertiary/aromatic N) is 4. The molecule has 1 atom stereocenters. The van der Waals surface area contributed by atoms with Gasteiger partial charge in [0.15, 0.2) is 0 Å². The van der Waals surface area contributed by atoms with Crippen molar-refractivity contribution in [2.24, 2.45) is 0 Å². The zero-order valence-corrected chi connectivity index (χ0v) is 22.8. The summed E-state index contributed by atoms with van der Waals surface area (Å²) in [6.45, 7) is 13.3. The molecule has 2 N–H and O–H groups in total. The lowest BCUT2D eigenvalue weighted by molar-refractivity contribution is -0.126. The maximum absolute atomic E-state index is 15.1. The highest BCUT2D eigenvalue weighted by molar-refractivity contribution is 5.92. The van der Waals surface area contributed by atoms with E-state index < -0.39 is 0 Å². The van der Waals surface area contributed by atoms with Crippen LogP contribution in [0, 0.1) is 5.82 Å². The lowest BCUT2D eigenvalue weighted by Crippen LogP contribution is -2.51. The molecule has 0 aromatic heterocycles. The second kappa shape index (κ2) is 13.2. The first-order chi connectivity index (χ1) is 18.4. The first-order valence-electron chi connectivity index (χ1n) is 13.7. The summed E-state index contributed by atoms with van der Waals surface area (Å²) < 4.78 is 15.1. The fourth-order valence-electron chi connectivity index (χ4n) is 5.34. The van der Waals surface area contributed by atoms with Crippen LogP contribution < -0.4 is 15.5 Å². The van der Waals surface area contributed by atoms with Gasteiger partial charge < -0.3 is 15.5 Å². The maximum atomic E-state index is 15.1. The molecule has 2 aromatic carbocycles. The average Bonchev–Trinajstić information content (AvgIpc) is 2.90. The molecule has 2 aromatic rings. The lowest BCUT2D eigenvalue weighted by Gasteiger charge is -2.39. The molecule has 2 fully saturated rings. The third kappa shape index (κ3) is 7.09. The second-order valence-electron chi connectivity index (χ2n) is 10.4. The van der Waals surface area contributed by atoms with Crippen molar-refractivity contribution in [2.75, 3.05) is 75.7 Å². The van der Waals surface area contributed by atoms with Crippen molar-refractivity contribution in [3.63, 3.8) is 0 Å². The van der Waals surface area contributed by atoms with E-state index in [0.29, 0.717) is 56.7 Å². The van der Waals surface area contributed by atoms with Gasteiger partial charge in [-0.05, 0) is 44.5 Å². The number of amides is 2. The Hall–Kier alpha value is -3.01. The quantitative estimate of drug-likeness (QED) is 0.526. The summed E-state index contributed by atoms with van der Waals surface area (Å²) in [5, 5.41) is 5.81. The van der Waals surface area contributed by atoms with Crippen molar-refractivity contribution >= 4 is 23.2 Å². The van der Waals surface area contributed by atoms with Crippen molar-refractivity contribution in [3.8, 4) is 0 Å². The first kappa shape index (κ1) is 28.0. The number of nitrogens with one attached hydrogen (secondary N) is 2. The Labute approximate surface area is 225 Å². The molecule has 2 heterocycles. The molecule has 0 saturated carbocycles. The van der Waals surface area contributed by atoms with E-state index in [4.69, 9.17) is 0 Å². The fourth-order valence-corrected chi connectivity index (χ4v) is 5.34. The fraction of sp³-hybridized carbons (Fsp3) is 0.517. The van der Waals surface area contributed by atoms with Gasteiger partial charge in [-0.25, -0.2) is 4.39 Å². The van der Waals surface area contributed by atoms with Gasteiger partial charge in [0.2, 0.25) is 11.8 Å². The highest BCUT2D eigenvalue weighted by atomic mass is 19.1. The number of carbonyl (C=O) groups is 2. The molecule has 0 aliphatic carbocycles. The molecule has 1 unspecified atom stereocenters. The summed E-state index contributed by atoms with van der Waals surface area (Å²) >= 11 is 0. The van der Waals surface area contributed by atoms with E-state index in [1.165, 1.54) is 6.07 Å². The van der Waals surface area contributed by atoms with Crippen LogP contribution in [0.5, 0.6) is 0 Å². The summed E-state index contributed by atoms with van der Waals surface area (Å²) in [5.41, 5.74) is 1.94. The van der Waals surface area contributed by atoms with Crippen molar-refractivity contribution in [1.82, 2.24) is 20.0 Å². The molecule has 2 aliphatic heterocycles. The van der Waals surface area contributed by atoms with Crippen LogP contribution in [0.25, 0.3) is 0 Å². The summed E-state index contributed by atoms with van der Waals surface area (Å²) in [6, 6.07) is 14.8. The van der Waals surface area contributed by atoms with E-state index in [1.807, 2.05) is 42.2 Å². The van der Waals surface area contributed by atoms with Gasteiger partial charge in [0.1, 0.15) is 11.9 Å². The number of piperazine rings is 2. The second-order valence-corrected chi connectivity index (χ2v) is 10.4. The molecular weight excluding hydrogens is 483 g/mol. The van der Waals surface area contributed by atoms with E-state index >= 15 is 4.39 Å². The lowest BCUT2D eigenvalue weighted by atomic mass is 10.0. The van der Waals surface area contributed by atoms with Crippen molar-refractivity contribution in [2.45, 2.75) is 32.9 Å². The Kier molecular flexibility index (Phi) is 9.71. The summed E-state index contributed by atoms with van der Waals surface area (Å²) in [7, 11) is 0. The number of likely N-dealkylation sites (N-methyl/N-ethyl adjacent to an activating group) is 1. The molecule has 206 valence electrons. The van der Waals surface area contributed by atoms with E-state index in [-0.39, 0.29) is 23.7 Å². The maximum Gasteiger partial charge on any atom is 0.241 e. The van der Waals surface area contributed by atoms with Gasteiger partial charge in [-0.2, -0.15) is 0 Å². The van der Waals surface area contributed by atoms with Gasteiger partial charge in [-0.15, -0.1) is 0 Å². The number of halogens is 1. The minimum atomic E-state index is -0.367. The van der Waals surface area contributed by atoms with Gasteiger partial charge >= 0.3 is 0 Å². The van der Waals surface area contributed by atoms with Crippen LogP contribution in [-0.2, 0) is 9.59 Å². The zero-order chi connectivity index (χ0) is 27.1. The summed E-state index contributed by atoms with van der Waals surface area (Å²) in [4.78, 5) is 34.2. The number of hydrogen-bond acceptors (Lipinski definition) is 6. The van der Waals surface area contributed by atoms with Gasteiger partial charge in [-0.1, -0.05) is 30.3 Å². The molecular formula is C29H41FN6O2. The predicted molar refractivity (Wildman–Crippen MR) is 150 cm³/mol. The highest BCUT2D eigenvalue weighted by Gasteiger charge is 2.31. The van der Waals surface area contributed by atoms with E-state index in [0.717, 1.165) is 31.7 Å². The van der Waals surface area contributed by atoms with Gasteiger partial charge in [0.25, 0.3) is 0 Å². The molecule has 0 radical (unpaired) electrons.